The minimum atomic E-state index is -0.325. The summed E-state index contributed by atoms with van der Waals surface area (Å²) in [5, 5.41) is 0. The van der Waals surface area contributed by atoms with Gasteiger partial charge in [0.25, 0.3) is 11.5 Å². The van der Waals surface area contributed by atoms with Gasteiger partial charge in [0.05, 0.1) is 0 Å². The average molecular weight is 333 g/mol. The van der Waals surface area contributed by atoms with Crippen molar-refractivity contribution >= 4 is 17.2 Å². The lowest BCUT2D eigenvalue weighted by atomic mass is 9.93. The molecule has 5 nitrogen and oxygen atoms in total. The number of carbonyl (C=O) groups is 1. The summed E-state index contributed by atoms with van der Waals surface area (Å²) in [6, 6.07) is 13.3. The van der Waals surface area contributed by atoms with Crippen LogP contribution < -0.4 is 10.5 Å². The van der Waals surface area contributed by atoms with E-state index in [9.17, 15) is 9.59 Å². The Hall–Kier alpha value is -2.95. The Labute approximate surface area is 145 Å². The second kappa shape index (κ2) is 6.16. The second-order valence-electron chi connectivity index (χ2n) is 6.31. The normalized spacial score (nSPS) is 16.7. The van der Waals surface area contributed by atoms with E-state index in [2.05, 4.69) is 11.9 Å². The Morgan fingerprint density at radius 3 is 2.84 bits per heavy atom. The van der Waals surface area contributed by atoms with Gasteiger partial charge in [0.2, 0.25) is 0 Å². The number of pyridine rings is 1. The molecule has 0 radical (unpaired) electrons. The highest BCUT2D eigenvalue weighted by molar-refractivity contribution is 6.06. The summed E-state index contributed by atoms with van der Waals surface area (Å²) in [5.74, 6) is -0.269. The monoisotopic (exact) mass is 333 g/mol. The number of aryl methyl sites for hydroxylation is 1. The summed E-state index contributed by atoms with van der Waals surface area (Å²) >= 11 is 0. The first kappa shape index (κ1) is 15.6. The molecule has 0 spiro atoms. The number of amides is 1. The van der Waals surface area contributed by atoms with Crippen molar-refractivity contribution in [1.29, 1.82) is 0 Å². The van der Waals surface area contributed by atoms with Gasteiger partial charge in [0, 0.05) is 24.1 Å². The van der Waals surface area contributed by atoms with Gasteiger partial charge in [-0.2, -0.15) is 0 Å². The zero-order valence-corrected chi connectivity index (χ0v) is 14.1. The smallest absolute Gasteiger partial charge is 0.270 e. The molecule has 25 heavy (non-hydrogen) atoms. The van der Waals surface area contributed by atoms with Crippen molar-refractivity contribution < 1.29 is 4.79 Å². The fraction of sp³-hybridized carbons (Fsp3) is 0.250. The van der Waals surface area contributed by atoms with Crippen molar-refractivity contribution in [1.82, 2.24) is 9.38 Å². The van der Waals surface area contributed by atoms with Crippen LogP contribution in [0.4, 0.5) is 5.69 Å². The average Bonchev–Trinajstić information content (AvgIpc) is 2.67. The molecule has 0 bridgehead atoms. The van der Waals surface area contributed by atoms with E-state index in [0.29, 0.717) is 5.65 Å². The van der Waals surface area contributed by atoms with E-state index in [-0.39, 0.29) is 23.1 Å². The molecule has 3 aromatic rings. The van der Waals surface area contributed by atoms with Crippen molar-refractivity contribution in [3.63, 3.8) is 0 Å². The summed E-state index contributed by atoms with van der Waals surface area (Å²) in [7, 11) is 0. The fourth-order valence-corrected chi connectivity index (χ4v) is 3.57. The molecular formula is C20H19N3O2. The molecule has 0 N–H and O–H groups in total. The number of nitrogens with zero attached hydrogens (tertiary/aromatic N) is 3. The Morgan fingerprint density at radius 1 is 1.20 bits per heavy atom. The van der Waals surface area contributed by atoms with Crippen LogP contribution in [0.25, 0.3) is 5.65 Å². The van der Waals surface area contributed by atoms with Gasteiger partial charge in [-0.1, -0.05) is 31.2 Å². The van der Waals surface area contributed by atoms with Gasteiger partial charge in [-0.05, 0) is 43.0 Å². The fourth-order valence-electron chi connectivity index (χ4n) is 3.57. The highest BCUT2D eigenvalue weighted by Gasteiger charge is 2.32. The van der Waals surface area contributed by atoms with Gasteiger partial charge in [-0.25, -0.2) is 4.98 Å². The molecule has 0 saturated heterocycles. The van der Waals surface area contributed by atoms with E-state index in [0.717, 1.165) is 30.5 Å². The van der Waals surface area contributed by atoms with Crippen molar-refractivity contribution in [2.75, 3.05) is 4.90 Å². The Morgan fingerprint density at radius 2 is 2.00 bits per heavy atom. The number of rotatable bonds is 2. The van der Waals surface area contributed by atoms with Crippen LogP contribution in [0.5, 0.6) is 0 Å². The molecule has 2 aromatic heterocycles. The predicted molar refractivity (Wildman–Crippen MR) is 97.1 cm³/mol. The zero-order chi connectivity index (χ0) is 17.4. The number of fused-ring (bicyclic) bond motifs is 2. The summed E-state index contributed by atoms with van der Waals surface area (Å²) < 4.78 is 1.42. The van der Waals surface area contributed by atoms with Gasteiger partial charge in [0.15, 0.2) is 0 Å². The lowest BCUT2D eigenvalue weighted by Crippen LogP contribution is -2.45. The summed E-state index contributed by atoms with van der Waals surface area (Å²) in [6.45, 7) is 2.07. The molecule has 126 valence electrons. The van der Waals surface area contributed by atoms with Crippen LogP contribution in [0.15, 0.2) is 59.7 Å². The predicted octanol–water partition coefficient (Wildman–Crippen LogP) is 3.07. The van der Waals surface area contributed by atoms with Crippen molar-refractivity contribution in [2.45, 2.75) is 32.2 Å². The molecule has 1 aliphatic heterocycles. The molecule has 1 atom stereocenters. The van der Waals surface area contributed by atoms with Crippen LogP contribution >= 0.6 is 0 Å². The molecule has 5 heteroatoms. The molecule has 0 fully saturated rings. The maximum atomic E-state index is 13.3. The number of benzene rings is 1. The van der Waals surface area contributed by atoms with Crippen LogP contribution in [0.1, 0.15) is 35.7 Å². The Balaban J connectivity index is 1.85. The zero-order valence-electron chi connectivity index (χ0n) is 14.1. The molecule has 1 amide bonds. The molecule has 0 aliphatic carbocycles. The molecule has 3 heterocycles. The standard InChI is InChI=1S/C20H19N3O2/c1-2-15-11-10-14-7-3-4-8-17(14)23(15)20(25)16-13-21-18-9-5-6-12-22(18)19(16)24/h3-9,12-13,15H,2,10-11H2,1H3. The third kappa shape index (κ3) is 2.52. The first-order chi connectivity index (χ1) is 12.2. The maximum Gasteiger partial charge on any atom is 0.270 e. The third-order valence-electron chi connectivity index (χ3n) is 4.90. The lowest BCUT2D eigenvalue weighted by Gasteiger charge is -2.36. The molecular weight excluding hydrogens is 314 g/mol. The topological polar surface area (TPSA) is 54.7 Å². The number of carbonyl (C=O) groups excluding carboxylic acids is 1. The second-order valence-corrected chi connectivity index (χ2v) is 6.31. The van der Waals surface area contributed by atoms with E-state index < -0.39 is 0 Å². The van der Waals surface area contributed by atoms with Crippen LogP contribution in [-0.4, -0.2) is 21.3 Å². The van der Waals surface area contributed by atoms with Crippen molar-refractivity contribution in [2.24, 2.45) is 0 Å². The van der Waals surface area contributed by atoms with Gasteiger partial charge >= 0.3 is 0 Å². The summed E-state index contributed by atoms with van der Waals surface area (Å²) in [6.07, 6.45) is 5.75. The third-order valence-corrected chi connectivity index (χ3v) is 4.90. The molecule has 1 aliphatic rings. The minimum absolute atomic E-state index is 0.0956. The van der Waals surface area contributed by atoms with Crippen LogP contribution in [-0.2, 0) is 6.42 Å². The number of aromatic nitrogens is 2. The first-order valence-corrected chi connectivity index (χ1v) is 8.58. The van der Waals surface area contributed by atoms with Gasteiger partial charge in [0.1, 0.15) is 11.2 Å². The highest BCUT2D eigenvalue weighted by atomic mass is 16.2. The highest BCUT2D eigenvalue weighted by Crippen LogP contribution is 2.32. The van der Waals surface area contributed by atoms with Crippen LogP contribution in [0.3, 0.4) is 0 Å². The Kier molecular flexibility index (Phi) is 3.84. The molecule has 1 aromatic carbocycles. The van der Waals surface area contributed by atoms with E-state index in [4.69, 9.17) is 0 Å². The lowest BCUT2D eigenvalue weighted by molar-refractivity contribution is 0.0970. The minimum Gasteiger partial charge on any atom is -0.305 e. The summed E-state index contributed by atoms with van der Waals surface area (Å²) in [5.41, 5.74) is 2.38. The first-order valence-electron chi connectivity index (χ1n) is 8.58. The van der Waals surface area contributed by atoms with Crippen molar-refractivity contribution in [3.05, 3.63) is 76.3 Å². The molecule has 1 unspecified atom stereocenters. The van der Waals surface area contributed by atoms with Crippen LogP contribution in [0.2, 0.25) is 0 Å². The number of anilines is 1. The SMILES string of the molecule is CCC1CCc2ccccc2N1C(=O)c1cnc2ccccn2c1=O. The van der Waals surface area contributed by atoms with E-state index >= 15 is 0 Å². The van der Waals surface area contributed by atoms with Gasteiger partial charge < -0.3 is 4.90 Å². The van der Waals surface area contributed by atoms with Gasteiger partial charge in [-0.15, -0.1) is 0 Å². The van der Waals surface area contributed by atoms with E-state index in [1.165, 1.54) is 10.6 Å². The summed E-state index contributed by atoms with van der Waals surface area (Å²) in [4.78, 5) is 32.1. The maximum absolute atomic E-state index is 13.3. The number of hydrogen-bond acceptors (Lipinski definition) is 3. The van der Waals surface area contributed by atoms with Crippen LogP contribution in [0, 0.1) is 0 Å². The van der Waals surface area contributed by atoms with Crippen molar-refractivity contribution in [3.8, 4) is 0 Å². The molecule has 4 rings (SSSR count). The molecule has 0 saturated carbocycles. The Bertz CT molecular complexity index is 1010. The van der Waals surface area contributed by atoms with Gasteiger partial charge in [-0.3, -0.25) is 14.0 Å². The van der Waals surface area contributed by atoms with E-state index in [1.54, 1.807) is 23.2 Å². The van der Waals surface area contributed by atoms with E-state index in [1.807, 2.05) is 30.3 Å². The number of para-hydroxylation sites is 1. The number of hydrogen-bond donors (Lipinski definition) is 0. The largest absolute Gasteiger partial charge is 0.305 e. The quantitative estimate of drug-likeness (QED) is 0.724.